The molecule has 0 saturated heterocycles. The van der Waals surface area contributed by atoms with Crippen molar-refractivity contribution in [2.45, 2.75) is 127 Å². The van der Waals surface area contributed by atoms with Gasteiger partial charge in [-0.1, -0.05) is 0 Å². The first-order chi connectivity index (χ1) is 21.9. The molecule has 0 unspecified atom stereocenters. The molecule has 0 aromatic carbocycles. The molecule has 0 rings (SSSR count). The van der Waals surface area contributed by atoms with Crippen molar-refractivity contribution in [2.24, 2.45) is 5.73 Å². The molecule has 0 saturated carbocycles. The van der Waals surface area contributed by atoms with Crippen LogP contribution in [-0.4, -0.2) is 156 Å². The summed E-state index contributed by atoms with van der Waals surface area (Å²) >= 11 is 0. The lowest BCUT2D eigenvalue weighted by molar-refractivity contribution is -0.146. The predicted octanol–water partition coefficient (Wildman–Crippen LogP) is -7.39. The fraction of sp³-hybridized carbons (Fsp3) is 0.741. The van der Waals surface area contributed by atoms with Crippen molar-refractivity contribution in [2.75, 3.05) is 0 Å². The Morgan fingerprint density at radius 1 is 0.375 bits per heavy atom. The van der Waals surface area contributed by atoms with Crippen molar-refractivity contribution >= 4 is 41.4 Å². The SMILES string of the molecule is C[C@H](N)C(=O)N[C@H](C(=O)N[C@H](C(=O)N[C@H](C(=O)N[C@H](C(=O)N[C@H](C(=O)N[C@H](C(=O)O)[C@@H](C)O)[C@@H](C)O)[C@@H](C)O)[C@@H](C)O)[C@@H](C)O)[C@@H](C)O. The number of amides is 6. The lowest BCUT2D eigenvalue weighted by Gasteiger charge is -2.30. The van der Waals surface area contributed by atoms with Crippen LogP contribution in [0.4, 0.5) is 0 Å². The maximum absolute atomic E-state index is 13.1. The number of carbonyl (C=O) groups is 7. The molecule has 276 valence electrons. The van der Waals surface area contributed by atoms with Crippen LogP contribution in [0.5, 0.6) is 0 Å². The molecule has 0 bridgehead atoms. The van der Waals surface area contributed by atoms with Gasteiger partial charge in [0.25, 0.3) is 0 Å². The summed E-state index contributed by atoms with van der Waals surface area (Å²) in [6, 6.07) is -12.0. The first-order valence-electron chi connectivity index (χ1n) is 14.8. The maximum Gasteiger partial charge on any atom is 0.328 e. The molecular formula is C27H49N7O14. The van der Waals surface area contributed by atoms with Gasteiger partial charge in [-0.05, 0) is 48.5 Å². The smallest absolute Gasteiger partial charge is 0.328 e. The van der Waals surface area contributed by atoms with Crippen molar-refractivity contribution in [3.8, 4) is 0 Å². The Bertz CT molecular complexity index is 1150. The van der Waals surface area contributed by atoms with Gasteiger partial charge in [0.15, 0.2) is 6.04 Å². The zero-order chi connectivity index (χ0) is 37.8. The summed E-state index contributed by atoms with van der Waals surface area (Å²) < 4.78 is 0. The number of nitrogens with two attached hydrogens (primary N) is 1. The minimum atomic E-state index is -1.90. The molecule has 0 aliphatic rings. The Kier molecular flexibility index (Phi) is 18.1. The third kappa shape index (κ3) is 13.6. The Morgan fingerprint density at radius 3 is 0.688 bits per heavy atom. The molecular weight excluding hydrogens is 646 g/mol. The van der Waals surface area contributed by atoms with Crippen molar-refractivity contribution in [3.63, 3.8) is 0 Å². The molecule has 0 aliphatic heterocycles. The first kappa shape index (κ1) is 44.0. The number of hydrogen-bond acceptors (Lipinski definition) is 14. The summed E-state index contributed by atoms with van der Waals surface area (Å²) in [4.78, 5) is 88.0. The van der Waals surface area contributed by atoms with Gasteiger partial charge in [0, 0.05) is 0 Å². The molecule has 0 spiro atoms. The Hall–Kier alpha value is -3.99. The highest BCUT2D eigenvalue weighted by Crippen LogP contribution is 2.05. The third-order valence-electron chi connectivity index (χ3n) is 6.77. The van der Waals surface area contributed by atoms with Crippen LogP contribution < -0.4 is 37.6 Å². The van der Waals surface area contributed by atoms with Gasteiger partial charge in [0.2, 0.25) is 35.4 Å². The molecule has 13 atom stereocenters. The zero-order valence-electron chi connectivity index (χ0n) is 27.6. The minimum absolute atomic E-state index is 0.818. The fourth-order valence-corrected chi connectivity index (χ4v) is 3.91. The first-order valence-corrected chi connectivity index (χ1v) is 14.8. The highest BCUT2D eigenvalue weighted by Gasteiger charge is 2.38. The second-order valence-electron chi connectivity index (χ2n) is 11.5. The van der Waals surface area contributed by atoms with E-state index in [0.717, 1.165) is 41.5 Å². The largest absolute Gasteiger partial charge is 0.480 e. The van der Waals surface area contributed by atoms with Crippen molar-refractivity contribution in [3.05, 3.63) is 0 Å². The van der Waals surface area contributed by atoms with Gasteiger partial charge in [-0.15, -0.1) is 0 Å². The van der Waals surface area contributed by atoms with E-state index in [9.17, 15) is 69.3 Å². The van der Waals surface area contributed by atoms with E-state index >= 15 is 0 Å². The molecule has 0 aromatic rings. The van der Waals surface area contributed by atoms with Gasteiger partial charge in [0.05, 0.1) is 42.7 Å². The van der Waals surface area contributed by atoms with Crippen LogP contribution in [0.15, 0.2) is 0 Å². The van der Waals surface area contributed by atoms with E-state index in [1.807, 2.05) is 5.32 Å². The zero-order valence-corrected chi connectivity index (χ0v) is 27.6. The van der Waals surface area contributed by atoms with Gasteiger partial charge >= 0.3 is 5.97 Å². The number of nitrogens with one attached hydrogen (secondary N) is 6. The van der Waals surface area contributed by atoms with E-state index in [-0.39, 0.29) is 0 Å². The average molecular weight is 696 g/mol. The fourth-order valence-electron chi connectivity index (χ4n) is 3.91. The number of aliphatic carboxylic acids is 1. The van der Waals surface area contributed by atoms with Crippen LogP contribution in [0.1, 0.15) is 48.5 Å². The Labute approximate surface area is 276 Å². The molecule has 0 aromatic heterocycles. The number of aliphatic hydroxyl groups is 6. The minimum Gasteiger partial charge on any atom is -0.480 e. The quantitative estimate of drug-likeness (QED) is 0.0597. The molecule has 0 fully saturated rings. The van der Waals surface area contributed by atoms with Crippen LogP contribution in [0.3, 0.4) is 0 Å². The lowest BCUT2D eigenvalue weighted by Crippen LogP contribution is -2.65. The molecule has 0 aliphatic carbocycles. The summed E-state index contributed by atoms with van der Waals surface area (Å²) in [6.45, 7) is 7.78. The summed E-state index contributed by atoms with van der Waals surface area (Å²) in [5.41, 5.74) is 5.46. The molecule has 6 amide bonds. The highest BCUT2D eigenvalue weighted by atomic mass is 16.4. The van der Waals surface area contributed by atoms with E-state index in [1.54, 1.807) is 0 Å². The number of carboxylic acids is 1. The number of carboxylic acid groups (broad SMARTS) is 1. The van der Waals surface area contributed by atoms with Crippen LogP contribution in [0, 0.1) is 0 Å². The summed E-state index contributed by atoms with van der Waals surface area (Å²) in [5.74, 6) is -8.59. The van der Waals surface area contributed by atoms with Crippen molar-refractivity contribution in [1.82, 2.24) is 31.9 Å². The van der Waals surface area contributed by atoms with Crippen molar-refractivity contribution < 1.29 is 69.3 Å². The molecule has 0 radical (unpaired) electrons. The topological polar surface area (TPSA) is 359 Å². The van der Waals surface area contributed by atoms with E-state index in [1.165, 1.54) is 6.92 Å². The second kappa shape index (κ2) is 19.7. The van der Waals surface area contributed by atoms with Crippen LogP contribution in [-0.2, 0) is 33.6 Å². The predicted molar refractivity (Wildman–Crippen MR) is 163 cm³/mol. The van der Waals surface area contributed by atoms with E-state index < -0.39 is 120 Å². The van der Waals surface area contributed by atoms with Gasteiger partial charge in [0.1, 0.15) is 30.2 Å². The number of hydrogen-bond donors (Lipinski definition) is 14. The monoisotopic (exact) mass is 695 g/mol. The van der Waals surface area contributed by atoms with E-state index in [2.05, 4.69) is 26.6 Å². The summed E-state index contributed by atoms with van der Waals surface area (Å²) in [7, 11) is 0. The molecule has 0 heterocycles. The van der Waals surface area contributed by atoms with Gasteiger partial charge in [-0.3, -0.25) is 28.8 Å². The average Bonchev–Trinajstić information content (AvgIpc) is 2.95. The van der Waals surface area contributed by atoms with Gasteiger partial charge in [-0.25, -0.2) is 4.79 Å². The summed E-state index contributed by atoms with van der Waals surface area (Å²) in [5, 5.41) is 82.0. The van der Waals surface area contributed by atoms with Crippen LogP contribution in [0.2, 0.25) is 0 Å². The van der Waals surface area contributed by atoms with Gasteiger partial charge < -0.3 is 73.4 Å². The highest BCUT2D eigenvalue weighted by molar-refractivity contribution is 5.97. The van der Waals surface area contributed by atoms with Crippen LogP contribution in [0.25, 0.3) is 0 Å². The van der Waals surface area contributed by atoms with E-state index in [4.69, 9.17) is 5.73 Å². The third-order valence-corrected chi connectivity index (χ3v) is 6.77. The second-order valence-corrected chi connectivity index (χ2v) is 11.5. The maximum atomic E-state index is 13.1. The molecule has 21 nitrogen and oxygen atoms in total. The van der Waals surface area contributed by atoms with Crippen LogP contribution >= 0.6 is 0 Å². The molecule has 48 heavy (non-hydrogen) atoms. The number of carbonyl (C=O) groups excluding carboxylic acids is 6. The van der Waals surface area contributed by atoms with Crippen molar-refractivity contribution in [1.29, 1.82) is 0 Å². The summed E-state index contributed by atoms with van der Waals surface area (Å²) in [6.07, 6.45) is -9.75. The number of aliphatic hydroxyl groups excluding tert-OH is 6. The van der Waals surface area contributed by atoms with E-state index in [0.29, 0.717) is 0 Å². The normalized spacial score (nSPS) is 19.5. The standard InChI is InChI=1S/C27H49N7O14/c1-8(28)21(41)29-15(9(2)35)22(42)30-16(10(3)36)23(43)31-17(11(4)37)24(44)32-18(12(5)38)25(45)33-19(13(6)39)26(46)34-20(14(7)40)27(47)48/h8-20,35-40H,28H2,1-7H3,(H,29,41)(H,30,42)(H,31,43)(H,32,44)(H,33,45)(H,34,46)(H,47,48)/t8-,9+,10+,11+,12+,13+,14+,15-,16-,17-,18-,19-,20-/m0/s1. The lowest BCUT2D eigenvalue weighted by atomic mass is 10.0. The molecule has 15 N–H and O–H groups in total. The Morgan fingerprint density at radius 2 is 0.542 bits per heavy atom. The number of rotatable bonds is 19. The Balaban J connectivity index is 5.98. The molecule has 21 heteroatoms. The van der Waals surface area contributed by atoms with Gasteiger partial charge in [-0.2, -0.15) is 0 Å².